The van der Waals surface area contributed by atoms with Crippen molar-refractivity contribution >= 4 is 29.2 Å². The highest BCUT2D eigenvalue weighted by Crippen LogP contribution is 2.36. The summed E-state index contributed by atoms with van der Waals surface area (Å²) in [5.41, 5.74) is -1.19. The zero-order valence-electron chi connectivity index (χ0n) is 13.2. The Morgan fingerprint density at radius 1 is 1.35 bits per heavy atom. The third-order valence-corrected chi connectivity index (χ3v) is 4.49. The molecule has 0 radical (unpaired) electrons. The highest BCUT2D eigenvalue weighted by Gasteiger charge is 2.50. The molecular weight excluding hydrogens is 323 g/mol. The van der Waals surface area contributed by atoms with E-state index in [1.807, 2.05) is 11.9 Å². The number of likely N-dealkylation sites (tertiary alicyclic amines) is 1. The maximum absolute atomic E-state index is 14.3. The Kier molecular flexibility index (Phi) is 5.59. The van der Waals surface area contributed by atoms with E-state index in [2.05, 4.69) is 0 Å². The van der Waals surface area contributed by atoms with Crippen molar-refractivity contribution in [3.05, 3.63) is 30.1 Å². The Labute approximate surface area is 140 Å². The number of amides is 1. The predicted molar refractivity (Wildman–Crippen MR) is 86.1 cm³/mol. The largest absolute Gasteiger partial charge is 0.467 e. The van der Waals surface area contributed by atoms with E-state index in [9.17, 15) is 14.0 Å². The lowest BCUT2D eigenvalue weighted by Crippen LogP contribution is -2.63. The number of methoxy groups -OCH3 is 1. The van der Waals surface area contributed by atoms with E-state index < -0.39 is 23.2 Å². The summed E-state index contributed by atoms with van der Waals surface area (Å²) in [6, 6.07) is 5.88. The number of rotatable bonds is 4. The quantitative estimate of drug-likeness (QED) is 0.620. The number of hydrogen-bond donors (Lipinski definition) is 0. The Morgan fingerprint density at radius 3 is 2.48 bits per heavy atom. The number of piperidine rings is 1. The van der Waals surface area contributed by atoms with Crippen molar-refractivity contribution in [2.45, 2.75) is 18.4 Å². The third kappa shape index (κ3) is 3.33. The lowest BCUT2D eigenvalue weighted by molar-refractivity contribution is -0.150. The number of hydrogen-bond acceptors (Lipinski definition) is 4. The molecular formula is C16H20ClFN2O3. The van der Waals surface area contributed by atoms with E-state index in [0.29, 0.717) is 25.9 Å². The van der Waals surface area contributed by atoms with Gasteiger partial charge in [-0.2, -0.15) is 0 Å². The van der Waals surface area contributed by atoms with Crippen molar-refractivity contribution in [2.75, 3.05) is 38.0 Å². The number of anilines is 1. The van der Waals surface area contributed by atoms with Crippen molar-refractivity contribution < 1.29 is 18.7 Å². The number of halogens is 2. The Hall–Kier alpha value is -1.66. The van der Waals surface area contributed by atoms with Crippen molar-refractivity contribution in [1.82, 2.24) is 4.90 Å². The van der Waals surface area contributed by atoms with Crippen molar-refractivity contribution in [1.29, 1.82) is 0 Å². The molecule has 1 amide bonds. The molecule has 0 aliphatic carbocycles. The minimum atomic E-state index is -1.24. The molecule has 126 valence electrons. The van der Waals surface area contributed by atoms with Gasteiger partial charge in [-0.15, -0.1) is 11.6 Å². The molecule has 1 aliphatic rings. The molecule has 1 heterocycles. The van der Waals surface area contributed by atoms with Crippen LogP contribution in [0.3, 0.4) is 0 Å². The van der Waals surface area contributed by atoms with Gasteiger partial charge < -0.3 is 9.64 Å². The smallest absolute Gasteiger partial charge is 0.332 e. The Bertz CT molecular complexity index is 588. The van der Waals surface area contributed by atoms with Crippen LogP contribution in [0, 0.1) is 5.82 Å². The minimum Gasteiger partial charge on any atom is -0.467 e. The molecule has 0 spiro atoms. The second kappa shape index (κ2) is 7.27. The fraction of sp³-hybridized carbons (Fsp3) is 0.500. The van der Waals surface area contributed by atoms with Gasteiger partial charge in [-0.25, -0.2) is 9.18 Å². The number of benzene rings is 1. The van der Waals surface area contributed by atoms with E-state index in [1.165, 1.54) is 30.2 Å². The summed E-state index contributed by atoms with van der Waals surface area (Å²) in [7, 11) is 3.20. The van der Waals surface area contributed by atoms with Crippen LogP contribution in [0.2, 0.25) is 0 Å². The highest BCUT2D eigenvalue weighted by molar-refractivity contribution is 6.30. The van der Waals surface area contributed by atoms with Crippen LogP contribution in [0.5, 0.6) is 0 Å². The molecule has 0 atom stereocenters. The molecule has 0 aromatic heterocycles. The lowest BCUT2D eigenvalue weighted by Gasteiger charge is -2.45. The second-order valence-electron chi connectivity index (χ2n) is 5.64. The van der Waals surface area contributed by atoms with Gasteiger partial charge in [-0.1, -0.05) is 12.1 Å². The first kappa shape index (κ1) is 17.7. The van der Waals surface area contributed by atoms with Crippen LogP contribution in [0.4, 0.5) is 10.1 Å². The third-order valence-electron chi connectivity index (χ3n) is 4.26. The summed E-state index contributed by atoms with van der Waals surface area (Å²) < 4.78 is 19.3. The standard InChI is InChI=1S/C16H20ClFN2O3/c1-19-9-7-16(8-10-19,15(22)23-2)20(14(21)11-17)13-6-4-3-5-12(13)18/h3-6H,7-11H2,1-2H3. The SMILES string of the molecule is COC(=O)C1(N(C(=O)CCl)c2ccccc2F)CCN(C)CC1. The fourth-order valence-corrected chi connectivity index (χ4v) is 3.11. The molecule has 0 saturated carbocycles. The molecule has 1 aromatic carbocycles. The molecule has 1 aromatic rings. The van der Waals surface area contributed by atoms with Gasteiger partial charge in [-0.3, -0.25) is 9.69 Å². The Balaban J connectivity index is 2.56. The first-order valence-electron chi connectivity index (χ1n) is 7.37. The van der Waals surface area contributed by atoms with E-state index in [1.54, 1.807) is 6.07 Å². The van der Waals surface area contributed by atoms with E-state index in [0.717, 1.165) is 0 Å². The van der Waals surface area contributed by atoms with Crippen LogP contribution >= 0.6 is 11.6 Å². The van der Waals surface area contributed by atoms with Crippen LogP contribution in [-0.2, 0) is 14.3 Å². The van der Waals surface area contributed by atoms with Gasteiger partial charge in [0, 0.05) is 13.1 Å². The minimum absolute atomic E-state index is 0.0492. The number of esters is 1. The second-order valence-corrected chi connectivity index (χ2v) is 5.91. The van der Waals surface area contributed by atoms with Gasteiger partial charge in [0.2, 0.25) is 5.91 Å². The molecule has 5 nitrogen and oxygen atoms in total. The predicted octanol–water partition coefficient (Wildman–Crippen LogP) is 2.03. The lowest BCUT2D eigenvalue weighted by atomic mass is 9.85. The van der Waals surface area contributed by atoms with Crippen LogP contribution < -0.4 is 4.90 Å². The summed E-state index contributed by atoms with van der Waals surface area (Å²) in [5.74, 6) is -1.99. The van der Waals surface area contributed by atoms with E-state index in [4.69, 9.17) is 16.3 Å². The summed E-state index contributed by atoms with van der Waals surface area (Å²) in [6.07, 6.45) is 0.709. The van der Waals surface area contributed by atoms with Gasteiger partial charge in [-0.05, 0) is 32.0 Å². The molecule has 1 aliphatic heterocycles. The van der Waals surface area contributed by atoms with Crippen LogP contribution in [0.25, 0.3) is 0 Å². The normalized spacial score (nSPS) is 17.6. The first-order chi connectivity index (χ1) is 11.0. The molecule has 0 N–H and O–H groups in total. The highest BCUT2D eigenvalue weighted by atomic mass is 35.5. The summed E-state index contributed by atoms with van der Waals surface area (Å²) in [5, 5.41) is 0. The molecule has 23 heavy (non-hydrogen) atoms. The molecule has 2 rings (SSSR count). The molecule has 1 saturated heterocycles. The van der Waals surface area contributed by atoms with Gasteiger partial charge in [0.1, 0.15) is 17.2 Å². The van der Waals surface area contributed by atoms with Crippen LogP contribution in [-0.4, -0.2) is 55.4 Å². The van der Waals surface area contributed by atoms with Gasteiger partial charge in [0.25, 0.3) is 0 Å². The van der Waals surface area contributed by atoms with Gasteiger partial charge >= 0.3 is 5.97 Å². The van der Waals surface area contributed by atoms with Crippen molar-refractivity contribution in [3.63, 3.8) is 0 Å². The zero-order valence-corrected chi connectivity index (χ0v) is 14.0. The summed E-state index contributed by atoms with van der Waals surface area (Å²) in [6.45, 7) is 1.19. The number of alkyl halides is 1. The average molecular weight is 343 g/mol. The fourth-order valence-electron chi connectivity index (χ4n) is 2.99. The maximum atomic E-state index is 14.3. The van der Waals surface area contributed by atoms with Crippen LogP contribution in [0.1, 0.15) is 12.8 Å². The van der Waals surface area contributed by atoms with E-state index in [-0.39, 0.29) is 11.6 Å². The monoisotopic (exact) mass is 342 g/mol. The molecule has 1 fully saturated rings. The summed E-state index contributed by atoms with van der Waals surface area (Å²) in [4.78, 5) is 28.3. The summed E-state index contributed by atoms with van der Waals surface area (Å²) >= 11 is 5.73. The molecule has 0 bridgehead atoms. The van der Waals surface area contributed by atoms with Crippen LogP contribution in [0.15, 0.2) is 24.3 Å². The molecule has 7 heteroatoms. The first-order valence-corrected chi connectivity index (χ1v) is 7.90. The van der Waals surface area contributed by atoms with Gasteiger partial charge in [0.15, 0.2) is 0 Å². The number of ether oxygens (including phenoxy) is 1. The number of carbonyl (C=O) groups is 2. The number of carbonyl (C=O) groups excluding carboxylic acids is 2. The maximum Gasteiger partial charge on any atom is 0.332 e. The Morgan fingerprint density at radius 2 is 1.96 bits per heavy atom. The topological polar surface area (TPSA) is 49.9 Å². The van der Waals surface area contributed by atoms with E-state index >= 15 is 0 Å². The van der Waals surface area contributed by atoms with Crippen molar-refractivity contribution in [3.8, 4) is 0 Å². The number of nitrogens with zero attached hydrogens (tertiary/aromatic N) is 2. The molecule has 0 unspecified atom stereocenters. The number of para-hydroxylation sites is 1. The zero-order chi connectivity index (χ0) is 17.0. The average Bonchev–Trinajstić information content (AvgIpc) is 2.57. The van der Waals surface area contributed by atoms with Gasteiger partial charge in [0.05, 0.1) is 12.8 Å². The van der Waals surface area contributed by atoms with Crippen molar-refractivity contribution in [2.24, 2.45) is 0 Å².